The van der Waals surface area contributed by atoms with Crippen LogP contribution in [0.2, 0.25) is 0 Å². The fraction of sp³-hybridized carbons (Fsp3) is 0.394. The van der Waals surface area contributed by atoms with E-state index in [1.165, 1.54) is 18.5 Å². The molecule has 2 aromatic carbocycles. The van der Waals surface area contributed by atoms with Crippen molar-refractivity contribution in [1.82, 2.24) is 29.5 Å². The summed E-state index contributed by atoms with van der Waals surface area (Å²) >= 11 is 0. The lowest BCUT2D eigenvalue weighted by Gasteiger charge is -2.26. The fourth-order valence-corrected chi connectivity index (χ4v) is 5.50. The number of hydrogen-bond acceptors (Lipinski definition) is 11. The Bertz CT molecular complexity index is 1720. The number of morpholine rings is 2. The largest absolute Gasteiger partial charge is 0.573 e. The summed E-state index contributed by atoms with van der Waals surface area (Å²) in [4.78, 5) is 26.5. The van der Waals surface area contributed by atoms with Crippen molar-refractivity contribution in [3.63, 3.8) is 0 Å². The number of alkyl halides is 3. The molecule has 2 saturated heterocycles. The summed E-state index contributed by atoms with van der Waals surface area (Å²) in [5.74, 6) is 0.801. The summed E-state index contributed by atoms with van der Waals surface area (Å²) in [6, 6.07) is 14.0. The summed E-state index contributed by atoms with van der Waals surface area (Å²) in [6.45, 7) is 10.3. The van der Waals surface area contributed by atoms with Gasteiger partial charge in [0.05, 0.1) is 32.1 Å². The molecule has 0 atom stereocenters. The van der Waals surface area contributed by atoms with Crippen LogP contribution in [0.5, 0.6) is 5.75 Å². The van der Waals surface area contributed by atoms with E-state index >= 15 is 0 Å². The van der Waals surface area contributed by atoms with Crippen LogP contribution < -0.4 is 20.7 Å². The molecule has 4 aromatic rings. The van der Waals surface area contributed by atoms with E-state index in [0.717, 1.165) is 69.3 Å². The van der Waals surface area contributed by atoms with E-state index in [-0.39, 0.29) is 5.56 Å². The molecular formula is C33H38F3N9O4. The Balaban J connectivity index is 1.21. The third-order valence-electron chi connectivity index (χ3n) is 8.04. The van der Waals surface area contributed by atoms with Crippen molar-refractivity contribution >= 4 is 28.9 Å². The molecule has 13 nitrogen and oxygen atoms in total. The predicted molar refractivity (Wildman–Crippen MR) is 177 cm³/mol. The maximum absolute atomic E-state index is 13.0. The number of aryl methyl sites for hydroxylation is 1. The van der Waals surface area contributed by atoms with Gasteiger partial charge in [-0.3, -0.25) is 14.6 Å². The SMILES string of the molecule is Cc1ccc(NC(=O)c2cccc(OC(F)(F)F)c2)cc1Nc1cc(CN2CCOCC2)nn1-c1cc(NCCN2CCOCC2)ncn1. The Hall–Kier alpha value is -4.77. The molecular weight excluding hydrogens is 643 g/mol. The summed E-state index contributed by atoms with van der Waals surface area (Å²) in [6.07, 6.45) is -3.37. The quantitative estimate of drug-likeness (QED) is 0.196. The maximum Gasteiger partial charge on any atom is 0.573 e. The van der Waals surface area contributed by atoms with Gasteiger partial charge in [0.1, 0.15) is 23.7 Å². The van der Waals surface area contributed by atoms with Gasteiger partial charge >= 0.3 is 6.36 Å². The highest BCUT2D eigenvalue weighted by Crippen LogP contribution is 2.28. The summed E-state index contributed by atoms with van der Waals surface area (Å²) < 4.78 is 54.8. The smallest absolute Gasteiger partial charge is 0.406 e. The van der Waals surface area contributed by atoms with Crippen LogP contribution in [-0.4, -0.2) is 108 Å². The molecule has 0 saturated carbocycles. The van der Waals surface area contributed by atoms with E-state index in [4.69, 9.17) is 14.6 Å². The molecule has 260 valence electrons. The lowest BCUT2D eigenvalue weighted by molar-refractivity contribution is -0.274. The lowest BCUT2D eigenvalue weighted by atomic mass is 10.1. The zero-order valence-corrected chi connectivity index (χ0v) is 27.0. The van der Waals surface area contributed by atoms with Gasteiger partial charge in [-0.25, -0.2) is 9.97 Å². The van der Waals surface area contributed by atoms with E-state index in [9.17, 15) is 18.0 Å². The molecule has 49 heavy (non-hydrogen) atoms. The summed E-state index contributed by atoms with van der Waals surface area (Å²) in [7, 11) is 0. The number of carbonyl (C=O) groups excluding carboxylic acids is 1. The maximum atomic E-state index is 13.0. The van der Waals surface area contributed by atoms with Gasteiger partial charge in [0.15, 0.2) is 5.82 Å². The first-order chi connectivity index (χ1) is 23.7. The topological polar surface area (TPSA) is 131 Å². The monoisotopic (exact) mass is 681 g/mol. The second-order valence-electron chi connectivity index (χ2n) is 11.6. The number of hydrogen-bond donors (Lipinski definition) is 3. The van der Waals surface area contributed by atoms with Crippen LogP contribution in [0.25, 0.3) is 5.82 Å². The van der Waals surface area contributed by atoms with Crippen molar-refractivity contribution in [3.05, 3.63) is 77.7 Å². The molecule has 6 rings (SSSR count). The number of ether oxygens (including phenoxy) is 3. The second-order valence-corrected chi connectivity index (χ2v) is 11.6. The van der Waals surface area contributed by atoms with Crippen molar-refractivity contribution in [1.29, 1.82) is 0 Å². The third kappa shape index (κ3) is 9.66. The Morgan fingerprint density at radius 2 is 1.69 bits per heavy atom. The molecule has 16 heteroatoms. The Labute approximate surface area is 281 Å². The van der Waals surface area contributed by atoms with Gasteiger partial charge in [0.2, 0.25) is 0 Å². The highest BCUT2D eigenvalue weighted by atomic mass is 19.4. The molecule has 0 aliphatic carbocycles. The van der Waals surface area contributed by atoms with E-state index in [2.05, 4.69) is 40.5 Å². The minimum atomic E-state index is -4.87. The van der Waals surface area contributed by atoms with Crippen LogP contribution in [0.15, 0.2) is 60.9 Å². The Kier molecular flexibility index (Phi) is 10.9. The van der Waals surface area contributed by atoms with Crippen LogP contribution in [-0.2, 0) is 16.0 Å². The Morgan fingerprint density at radius 1 is 0.939 bits per heavy atom. The standard InChI is InChI=1S/C33H38F3N9O4/c1-23-5-6-25(40-32(46)24-3-2-4-27(17-24)49-33(34,35)36)18-28(23)41-31-19-26(21-44-11-15-48-16-12-44)42-45(31)30-20-29(38-22-39-30)37-7-8-43-9-13-47-14-10-43/h2-6,17-20,22,41H,7-16,21H2,1H3,(H,40,46)(H,37,38,39). The number of rotatable bonds is 12. The molecule has 0 bridgehead atoms. The number of nitrogens with one attached hydrogen (secondary N) is 3. The van der Waals surface area contributed by atoms with Gasteiger partial charge in [-0.05, 0) is 42.8 Å². The minimum Gasteiger partial charge on any atom is -0.406 e. The zero-order chi connectivity index (χ0) is 34.2. The first-order valence-corrected chi connectivity index (χ1v) is 16.0. The first kappa shape index (κ1) is 34.1. The van der Waals surface area contributed by atoms with Gasteiger partial charge in [0, 0.05) is 74.9 Å². The fourth-order valence-electron chi connectivity index (χ4n) is 5.50. The molecule has 3 N–H and O–H groups in total. The summed E-state index contributed by atoms with van der Waals surface area (Å²) in [5.41, 5.74) is 2.85. The number of carbonyl (C=O) groups is 1. The van der Waals surface area contributed by atoms with Gasteiger partial charge in [-0.1, -0.05) is 12.1 Å². The van der Waals surface area contributed by atoms with Gasteiger partial charge in [-0.15, -0.1) is 13.2 Å². The van der Waals surface area contributed by atoms with Crippen LogP contribution in [0.1, 0.15) is 21.6 Å². The normalized spacial score (nSPS) is 15.9. The number of anilines is 4. The predicted octanol–water partition coefficient (Wildman–Crippen LogP) is 4.44. The number of aromatic nitrogens is 4. The van der Waals surface area contributed by atoms with Gasteiger partial charge < -0.3 is 30.2 Å². The number of nitrogens with zero attached hydrogens (tertiary/aromatic N) is 6. The molecule has 0 spiro atoms. The number of amides is 1. The van der Waals surface area contributed by atoms with E-state index in [1.54, 1.807) is 16.8 Å². The molecule has 2 aliphatic rings. The highest BCUT2D eigenvalue weighted by molar-refractivity contribution is 6.04. The minimum absolute atomic E-state index is 0.0146. The molecule has 2 aliphatic heterocycles. The van der Waals surface area contributed by atoms with Gasteiger partial charge in [-0.2, -0.15) is 9.78 Å². The second kappa shape index (κ2) is 15.6. The lowest BCUT2D eigenvalue weighted by Crippen LogP contribution is -2.39. The van der Waals surface area contributed by atoms with Crippen molar-refractivity contribution in [2.24, 2.45) is 0 Å². The van der Waals surface area contributed by atoms with E-state index in [0.29, 0.717) is 55.1 Å². The van der Waals surface area contributed by atoms with Gasteiger partial charge in [0.25, 0.3) is 5.91 Å². The van der Waals surface area contributed by atoms with Crippen molar-refractivity contribution in [2.75, 3.05) is 81.6 Å². The van der Waals surface area contributed by atoms with E-state index in [1.807, 2.05) is 25.1 Å². The average molecular weight is 682 g/mol. The molecule has 4 heterocycles. The number of benzene rings is 2. The average Bonchev–Trinajstić information content (AvgIpc) is 3.48. The van der Waals surface area contributed by atoms with Crippen LogP contribution in [0.4, 0.5) is 36.2 Å². The van der Waals surface area contributed by atoms with Crippen LogP contribution >= 0.6 is 0 Å². The number of halogens is 3. The van der Waals surface area contributed by atoms with Crippen molar-refractivity contribution < 1.29 is 32.2 Å². The third-order valence-corrected chi connectivity index (χ3v) is 8.04. The van der Waals surface area contributed by atoms with Crippen LogP contribution in [0, 0.1) is 6.92 Å². The molecule has 0 unspecified atom stereocenters. The van der Waals surface area contributed by atoms with E-state index < -0.39 is 18.0 Å². The van der Waals surface area contributed by atoms with Crippen molar-refractivity contribution in [3.8, 4) is 11.6 Å². The molecule has 2 aromatic heterocycles. The summed E-state index contributed by atoms with van der Waals surface area (Å²) in [5, 5.41) is 14.5. The van der Waals surface area contributed by atoms with Crippen molar-refractivity contribution in [2.45, 2.75) is 19.8 Å². The van der Waals surface area contributed by atoms with Crippen LogP contribution in [0.3, 0.4) is 0 Å². The Morgan fingerprint density at radius 3 is 2.45 bits per heavy atom. The first-order valence-electron chi connectivity index (χ1n) is 16.0. The zero-order valence-electron chi connectivity index (χ0n) is 27.0. The molecule has 0 radical (unpaired) electrons. The highest BCUT2D eigenvalue weighted by Gasteiger charge is 2.31. The molecule has 2 fully saturated rings. The molecule has 1 amide bonds.